The molecule has 1 aromatic heterocycles. The van der Waals surface area contributed by atoms with Gasteiger partial charge in [-0.2, -0.15) is 0 Å². The molecule has 1 amide bonds. The zero-order valence-corrected chi connectivity index (χ0v) is 19.0. The van der Waals surface area contributed by atoms with Gasteiger partial charge in [0.25, 0.3) is 5.91 Å². The van der Waals surface area contributed by atoms with E-state index in [2.05, 4.69) is 77.3 Å². The Kier molecular flexibility index (Phi) is 6.80. The van der Waals surface area contributed by atoms with Crippen molar-refractivity contribution in [2.45, 2.75) is 86.1 Å². The van der Waals surface area contributed by atoms with Crippen LogP contribution in [-0.2, 0) is 11.8 Å². The number of nitrogens with zero attached hydrogens (tertiary/aromatic N) is 1. The van der Waals surface area contributed by atoms with Crippen LogP contribution in [0.3, 0.4) is 0 Å². The molecule has 0 aliphatic carbocycles. The molecule has 3 nitrogen and oxygen atoms in total. The molecule has 0 fully saturated rings. The van der Waals surface area contributed by atoms with Gasteiger partial charge in [-0.05, 0) is 49.1 Å². The molecule has 0 saturated heterocycles. The van der Waals surface area contributed by atoms with E-state index in [0.717, 1.165) is 36.1 Å². The first kappa shape index (κ1) is 22.3. The van der Waals surface area contributed by atoms with Crippen LogP contribution < -0.4 is 5.73 Å². The average molecular weight is 383 g/mol. The Morgan fingerprint density at radius 1 is 1.11 bits per heavy atom. The second-order valence-corrected chi connectivity index (χ2v) is 9.43. The molecule has 0 bridgehead atoms. The zero-order chi connectivity index (χ0) is 21.2. The summed E-state index contributed by atoms with van der Waals surface area (Å²) < 4.78 is 2.37. The van der Waals surface area contributed by atoms with Crippen molar-refractivity contribution < 1.29 is 4.79 Å². The average Bonchev–Trinajstić information content (AvgIpc) is 2.90. The van der Waals surface area contributed by atoms with Crippen LogP contribution in [0.1, 0.15) is 94.7 Å². The number of benzene rings is 1. The van der Waals surface area contributed by atoms with Crippen LogP contribution in [0.25, 0.3) is 11.1 Å². The number of unbranched alkanes of at least 4 members (excludes halogenated alkanes) is 1. The molecule has 0 saturated carbocycles. The number of carbonyl (C=O) groups is 1. The molecule has 1 atom stereocenters. The first-order valence-corrected chi connectivity index (χ1v) is 10.6. The van der Waals surface area contributed by atoms with Gasteiger partial charge in [-0.25, -0.2) is 0 Å². The second-order valence-electron chi connectivity index (χ2n) is 9.43. The monoisotopic (exact) mass is 382 g/mol. The molecular formula is C25H38N2O. The Labute approximate surface area is 171 Å². The van der Waals surface area contributed by atoms with Crippen molar-refractivity contribution in [2.75, 3.05) is 0 Å². The topological polar surface area (TPSA) is 48.0 Å². The molecular weight excluding hydrogens is 344 g/mol. The number of rotatable bonds is 7. The van der Waals surface area contributed by atoms with Crippen LogP contribution in [-0.4, -0.2) is 10.5 Å². The minimum absolute atomic E-state index is 0.101. The number of carbonyl (C=O) groups excluding carboxylic acids is 1. The number of amides is 1. The molecule has 0 radical (unpaired) electrons. The summed E-state index contributed by atoms with van der Waals surface area (Å²) >= 11 is 0. The quantitative estimate of drug-likeness (QED) is 0.590. The van der Waals surface area contributed by atoms with E-state index in [1.165, 1.54) is 11.3 Å². The van der Waals surface area contributed by atoms with E-state index in [-0.39, 0.29) is 11.3 Å². The fraction of sp³-hybridized carbons (Fsp3) is 0.560. The first-order valence-electron chi connectivity index (χ1n) is 10.6. The third-order valence-corrected chi connectivity index (χ3v) is 5.98. The standard InChI is InChI=1S/C25H38N2O/c1-9-10-11-21-23(19-12-14-20(15-13-19)25(6,7)8)22(24(26)28)18(5)27(21)17(4)16(2)3/h12-17H,9-11H2,1-8H3,(H2,26,28). The van der Waals surface area contributed by atoms with Gasteiger partial charge in [0.05, 0.1) is 5.56 Å². The Balaban J connectivity index is 2.76. The largest absolute Gasteiger partial charge is 0.366 e. The van der Waals surface area contributed by atoms with Crippen molar-refractivity contribution in [3.05, 3.63) is 46.8 Å². The van der Waals surface area contributed by atoms with Gasteiger partial charge in [0.15, 0.2) is 0 Å². The molecule has 3 heteroatoms. The highest BCUT2D eigenvalue weighted by atomic mass is 16.1. The molecule has 154 valence electrons. The Morgan fingerprint density at radius 2 is 1.68 bits per heavy atom. The summed E-state index contributed by atoms with van der Waals surface area (Å²) in [7, 11) is 0. The van der Waals surface area contributed by atoms with Crippen molar-refractivity contribution in [3.8, 4) is 11.1 Å². The molecule has 2 N–H and O–H groups in total. The normalized spacial score (nSPS) is 13.2. The van der Waals surface area contributed by atoms with Crippen molar-refractivity contribution >= 4 is 5.91 Å². The van der Waals surface area contributed by atoms with Crippen LogP contribution in [0.2, 0.25) is 0 Å². The zero-order valence-electron chi connectivity index (χ0n) is 19.0. The summed E-state index contributed by atoms with van der Waals surface area (Å²) in [5.41, 5.74) is 12.3. The van der Waals surface area contributed by atoms with E-state index in [4.69, 9.17) is 5.73 Å². The highest BCUT2D eigenvalue weighted by molar-refractivity contribution is 6.02. The van der Waals surface area contributed by atoms with Crippen LogP contribution in [0.5, 0.6) is 0 Å². The van der Waals surface area contributed by atoms with E-state index in [9.17, 15) is 4.79 Å². The lowest BCUT2D eigenvalue weighted by Crippen LogP contribution is -2.17. The van der Waals surface area contributed by atoms with E-state index in [1.54, 1.807) is 0 Å². The summed E-state index contributed by atoms with van der Waals surface area (Å²) in [5.74, 6) is 0.142. The summed E-state index contributed by atoms with van der Waals surface area (Å²) in [6.45, 7) is 17.6. The van der Waals surface area contributed by atoms with Crippen LogP contribution in [0, 0.1) is 12.8 Å². The lowest BCUT2D eigenvalue weighted by atomic mass is 9.86. The van der Waals surface area contributed by atoms with Crippen molar-refractivity contribution in [2.24, 2.45) is 11.7 Å². The van der Waals surface area contributed by atoms with Crippen LogP contribution in [0.15, 0.2) is 24.3 Å². The maximum Gasteiger partial charge on any atom is 0.251 e. The van der Waals surface area contributed by atoms with E-state index < -0.39 is 0 Å². The predicted molar refractivity (Wildman–Crippen MR) is 120 cm³/mol. The van der Waals surface area contributed by atoms with Crippen molar-refractivity contribution in [3.63, 3.8) is 0 Å². The van der Waals surface area contributed by atoms with Crippen molar-refractivity contribution in [1.82, 2.24) is 4.57 Å². The first-order chi connectivity index (χ1) is 13.0. The molecule has 0 spiro atoms. The fourth-order valence-electron chi connectivity index (χ4n) is 3.96. The number of primary amides is 1. The third-order valence-electron chi connectivity index (χ3n) is 5.98. The van der Waals surface area contributed by atoms with Gasteiger partial charge in [0, 0.05) is 23.0 Å². The van der Waals surface area contributed by atoms with E-state index in [0.29, 0.717) is 17.5 Å². The Morgan fingerprint density at radius 3 is 2.11 bits per heavy atom. The fourth-order valence-corrected chi connectivity index (χ4v) is 3.96. The Hall–Kier alpha value is -2.03. The maximum atomic E-state index is 12.5. The summed E-state index contributed by atoms with van der Waals surface area (Å²) in [6.07, 6.45) is 3.17. The minimum Gasteiger partial charge on any atom is -0.366 e. The molecule has 28 heavy (non-hydrogen) atoms. The van der Waals surface area contributed by atoms with Crippen molar-refractivity contribution in [1.29, 1.82) is 0 Å². The van der Waals surface area contributed by atoms with Crippen LogP contribution in [0.4, 0.5) is 0 Å². The third kappa shape index (κ3) is 4.34. The Bertz CT molecular complexity index is 820. The van der Waals surface area contributed by atoms with E-state index >= 15 is 0 Å². The van der Waals surface area contributed by atoms with Gasteiger partial charge in [0.2, 0.25) is 0 Å². The summed E-state index contributed by atoms with van der Waals surface area (Å²) in [6, 6.07) is 8.99. The van der Waals surface area contributed by atoms with Gasteiger partial charge in [-0.1, -0.05) is 72.2 Å². The molecule has 1 heterocycles. The number of hydrogen-bond donors (Lipinski definition) is 1. The van der Waals surface area contributed by atoms with Gasteiger partial charge in [-0.15, -0.1) is 0 Å². The second kappa shape index (κ2) is 8.55. The van der Waals surface area contributed by atoms with Gasteiger partial charge in [-0.3, -0.25) is 4.79 Å². The summed E-state index contributed by atoms with van der Waals surface area (Å²) in [4.78, 5) is 12.5. The molecule has 2 aromatic rings. The number of hydrogen-bond acceptors (Lipinski definition) is 1. The maximum absolute atomic E-state index is 12.5. The number of aromatic nitrogens is 1. The predicted octanol–water partition coefficient (Wildman–Crippen LogP) is 6.42. The van der Waals surface area contributed by atoms with Crippen LogP contribution >= 0.6 is 0 Å². The molecule has 2 rings (SSSR count). The SMILES string of the molecule is CCCCc1c(-c2ccc(C(C)(C)C)cc2)c(C(N)=O)c(C)n1C(C)C(C)C. The highest BCUT2D eigenvalue weighted by Gasteiger charge is 2.27. The summed E-state index contributed by atoms with van der Waals surface area (Å²) in [5, 5.41) is 0. The van der Waals surface area contributed by atoms with Gasteiger partial charge in [0.1, 0.15) is 0 Å². The molecule has 0 aliphatic heterocycles. The minimum atomic E-state index is -0.333. The van der Waals surface area contributed by atoms with Gasteiger partial charge < -0.3 is 10.3 Å². The highest BCUT2D eigenvalue weighted by Crippen LogP contribution is 2.38. The molecule has 1 unspecified atom stereocenters. The molecule has 1 aromatic carbocycles. The van der Waals surface area contributed by atoms with E-state index in [1.807, 2.05) is 6.92 Å². The lowest BCUT2D eigenvalue weighted by Gasteiger charge is -2.24. The molecule has 0 aliphatic rings. The number of nitrogens with two attached hydrogens (primary N) is 1. The smallest absolute Gasteiger partial charge is 0.251 e. The van der Waals surface area contributed by atoms with Gasteiger partial charge >= 0.3 is 0 Å². The lowest BCUT2D eigenvalue weighted by molar-refractivity contribution is 0.1000.